The molecule has 0 N–H and O–H groups in total. The van der Waals surface area contributed by atoms with Gasteiger partial charge in [-0.1, -0.05) is 67.3 Å². The fraction of sp³-hybridized carbons (Fsp3) is 0.464. The van der Waals surface area contributed by atoms with Crippen molar-refractivity contribution in [3.05, 3.63) is 70.8 Å². The van der Waals surface area contributed by atoms with E-state index in [4.69, 9.17) is 14.3 Å². The zero-order valence-corrected chi connectivity index (χ0v) is 20.2. The summed E-state index contributed by atoms with van der Waals surface area (Å²) in [6, 6.07) is 12.7. The van der Waals surface area contributed by atoms with Gasteiger partial charge in [0.2, 0.25) is 0 Å². The molecule has 4 heteroatoms. The summed E-state index contributed by atoms with van der Waals surface area (Å²) >= 11 is 0. The summed E-state index contributed by atoms with van der Waals surface area (Å²) in [5.41, 5.74) is 4.73. The Hall–Kier alpha value is -2.75. The van der Waals surface area contributed by atoms with Gasteiger partial charge in [0.25, 0.3) is 0 Å². The molecule has 0 aliphatic heterocycles. The number of aryl methyl sites for hydroxylation is 3. The van der Waals surface area contributed by atoms with E-state index in [0.29, 0.717) is 6.61 Å². The number of unbranched alkanes of at least 4 members (excludes halogenated alkanes) is 5. The van der Waals surface area contributed by atoms with Gasteiger partial charge in [-0.2, -0.15) is 0 Å². The highest BCUT2D eigenvalue weighted by molar-refractivity contribution is 5.79. The first-order chi connectivity index (χ1) is 15.6. The van der Waals surface area contributed by atoms with Gasteiger partial charge in [-0.3, -0.25) is 0 Å². The largest absolute Gasteiger partial charge is 0.493 e. The van der Waals surface area contributed by atoms with Gasteiger partial charge < -0.3 is 14.3 Å². The first-order valence-electron chi connectivity index (χ1n) is 11.8. The van der Waals surface area contributed by atoms with Crippen molar-refractivity contribution < 1.29 is 14.3 Å². The molecule has 0 radical (unpaired) electrons. The molecule has 0 heterocycles. The molecule has 2 rings (SSSR count). The second-order valence-electron chi connectivity index (χ2n) is 8.14. The minimum Gasteiger partial charge on any atom is -0.493 e. The van der Waals surface area contributed by atoms with Gasteiger partial charge in [0, 0.05) is 0 Å². The molecule has 0 fully saturated rings. The molecule has 0 spiro atoms. The molecule has 0 saturated heterocycles. The van der Waals surface area contributed by atoms with Crippen molar-refractivity contribution in [1.29, 1.82) is 0 Å². The van der Waals surface area contributed by atoms with Crippen molar-refractivity contribution in [2.24, 2.45) is 5.16 Å². The maximum atomic E-state index is 6.08. The number of hydrogen-bond donors (Lipinski definition) is 0. The predicted octanol–water partition coefficient (Wildman–Crippen LogP) is 7.20. The zero-order valence-electron chi connectivity index (χ0n) is 20.2. The van der Waals surface area contributed by atoms with Gasteiger partial charge in [-0.15, -0.1) is 0 Å². The number of nitrogens with zero attached hydrogens (tertiary/aromatic N) is 1. The molecule has 0 amide bonds. The lowest BCUT2D eigenvalue weighted by Crippen LogP contribution is -2.02. The van der Waals surface area contributed by atoms with Crippen LogP contribution in [-0.4, -0.2) is 26.5 Å². The average molecular weight is 438 g/mol. The lowest BCUT2D eigenvalue weighted by molar-refractivity contribution is 0.215. The van der Waals surface area contributed by atoms with E-state index in [1.807, 2.05) is 19.1 Å². The van der Waals surface area contributed by atoms with Crippen molar-refractivity contribution >= 4 is 6.21 Å². The Bertz CT molecular complexity index is 817. The molecule has 0 aliphatic rings. The van der Waals surface area contributed by atoms with Crippen LogP contribution in [-0.2, 0) is 11.3 Å². The molecule has 32 heavy (non-hydrogen) atoms. The molecular formula is C28H39NO3. The van der Waals surface area contributed by atoms with Crippen molar-refractivity contribution in [1.82, 2.24) is 0 Å². The molecular weight excluding hydrogens is 398 g/mol. The van der Waals surface area contributed by atoms with Gasteiger partial charge >= 0.3 is 0 Å². The van der Waals surface area contributed by atoms with Crippen molar-refractivity contribution in [2.75, 3.05) is 20.3 Å². The van der Waals surface area contributed by atoms with Crippen LogP contribution in [0.15, 0.2) is 53.7 Å². The summed E-state index contributed by atoms with van der Waals surface area (Å²) in [4.78, 5) is 4.71. The Balaban J connectivity index is 1.56. The Morgan fingerprint density at radius 3 is 2.16 bits per heavy atom. The number of benzene rings is 2. The summed E-state index contributed by atoms with van der Waals surface area (Å²) in [7, 11) is 1.56. The number of allylic oxidation sites excluding steroid dienone is 1. The molecule has 2 aromatic rings. The summed E-state index contributed by atoms with van der Waals surface area (Å²) in [6.45, 7) is 7.56. The molecule has 174 valence electrons. The summed E-state index contributed by atoms with van der Waals surface area (Å²) in [5, 5.41) is 3.79. The highest BCUT2D eigenvalue weighted by atomic mass is 16.6. The number of hydrogen-bond acceptors (Lipinski definition) is 4. The molecule has 0 bridgehead atoms. The Morgan fingerprint density at radius 2 is 1.50 bits per heavy atom. The van der Waals surface area contributed by atoms with Gasteiger partial charge in [0.1, 0.15) is 25.2 Å². The van der Waals surface area contributed by atoms with Crippen LogP contribution in [0.2, 0.25) is 0 Å². The van der Waals surface area contributed by atoms with E-state index in [1.165, 1.54) is 37.7 Å². The highest BCUT2D eigenvalue weighted by Crippen LogP contribution is 2.28. The van der Waals surface area contributed by atoms with Gasteiger partial charge in [-0.25, -0.2) is 0 Å². The third kappa shape index (κ3) is 9.59. The lowest BCUT2D eigenvalue weighted by Gasteiger charge is -2.14. The second kappa shape index (κ2) is 15.1. The smallest absolute Gasteiger partial charge is 0.125 e. The molecule has 0 saturated carbocycles. The standard InChI is InChI=1S/C28H39NO3/c1-5-6-18-31-27-20-23(2)28(24(3)21-27)32-19-12-10-8-7-9-11-13-25-14-16-26(17-15-25)22-29-30-4/h5-6,14-17,20-22H,7-13,18-19H2,1-4H3/b6-5+,29-22+. The van der Waals surface area contributed by atoms with Crippen LogP contribution in [0.1, 0.15) is 67.7 Å². The molecule has 4 nitrogen and oxygen atoms in total. The fourth-order valence-corrected chi connectivity index (χ4v) is 3.66. The van der Waals surface area contributed by atoms with E-state index < -0.39 is 0 Å². The number of oxime groups is 1. The van der Waals surface area contributed by atoms with Gasteiger partial charge in [0.15, 0.2) is 0 Å². The van der Waals surface area contributed by atoms with Gasteiger partial charge in [0.05, 0.1) is 12.8 Å². The van der Waals surface area contributed by atoms with E-state index in [2.05, 4.69) is 55.4 Å². The lowest BCUT2D eigenvalue weighted by atomic mass is 10.0. The Kier molecular flexibility index (Phi) is 12.1. The molecule has 0 unspecified atom stereocenters. The third-order valence-corrected chi connectivity index (χ3v) is 5.41. The van der Waals surface area contributed by atoms with Crippen molar-refractivity contribution in [3.8, 4) is 11.5 Å². The van der Waals surface area contributed by atoms with Crippen molar-refractivity contribution in [3.63, 3.8) is 0 Å². The monoisotopic (exact) mass is 437 g/mol. The SMILES string of the molecule is C/C=C/COc1cc(C)c(OCCCCCCCCc2ccc(/C=N/OC)cc2)c(C)c1. The van der Waals surface area contributed by atoms with Crippen LogP contribution in [0.4, 0.5) is 0 Å². The molecule has 0 aromatic heterocycles. The number of rotatable bonds is 15. The van der Waals surface area contributed by atoms with E-state index in [1.54, 1.807) is 13.3 Å². The summed E-state index contributed by atoms with van der Waals surface area (Å²) < 4.78 is 11.8. The Labute approximate surface area is 194 Å². The van der Waals surface area contributed by atoms with Crippen LogP contribution in [0.5, 0.6) is 11.5 Å². The van der Waals surface area contributed by atoms with Crippen LogP contribution in [0.25, 0.3) is 0 Å². The topological polar surface area (TPSA) is 40.0 Å². The van der Waals surface area contributed by atoms with E-state index in [9.17, 15) is 0 Å². The zero-order chi connectivity index (χ0) is 23.0. The average Bonchev–Trinajstić information content (AvgIpc) is 2.79. The van der Waals surface area contributed by atoms with Gasteiger partial charge in [-0.05, 0) is 74.4 Å². The van der Waals surface area contributed by atoms with E-state index in [-0.39, 0.29) is 0 Å². The van der Waals surface area contributed by atoms with E-state index in [0.717, 1.165) is 47.6 Å². The minimum atomic E-state index is 0.603. The number of ether oxygens (including phenoxy) is 2. The predicted molar refractivity (Wildman–Crippen MR) is 134 cm³/mol. The minimum absolute atomic E-state index is 0.603. The van der Waals surface area contributed by atoms with E-state index >= 15 is 0 Å². The third-order valence-electron chi connectivity index (χ3n) is 5.41. The van der Waals surface area contributed by atoms with Crippen LogP contribution >= 0.6 is 0 Å². The summed E-state index contributed by atoms with van der Waals surface area (Å²) in [6.07, 6.45) is 14.3. The maximum Gasteiger partial charge on any atom is 0.125 e. The summed E-state index contributed by atoms with van der Waals surface area (Å²) in [5.74, 6) is 1.91. The van der Waals surface area contributed by atoms with Crippen LogP contribution in [0.3, 0.4) is 0 Å². The molecule has 2 aromatic carbocycles. The van der Waals surface area contributed by atoms with Crippen molar-refractivity contribution in [2.45, 2.75) is 65.7 Å². The quantitative estimate of drug-likeness (QED) is 0.128. The first kappa shape index (κ1) is 25.5. The normalized spacial score (nSPS) is 11.4. The molecule has 0 atom stereocenters. The van der Waals surface area contributed by atoms with Crippen LogP contribution in [0, 0.1) is 13.8 Å². The first-order valence-corrected chi connectivity index (χ1v) is 11.8. The van der Waals surface area contributed by atoms with Crippen LogP contribution < -0.4 is 9.47 Å². The fourth-order valence-electron chi connectivity index (χ4n) is 3.66. The maximum absolute atomic E-state index is 6.08. The second-order valence-corrected chi connectivity index (χ2v) is 8.14. The Morgan fingerprint density at radius 1 is 0.844 bits per heavy atom. The highest BCUT2D eigenvalue weighted by Gasteiger charge is 2.07. The molecule has 0 aliphatic carbocycles.